The van der Waals surface area contributed by atoms with E-state index in [1.54, 1.807) is 12.1 Å². The summed E-state index contributed by atoms with van der Waals surface area (Å²) in [5, 5.41) is 9.94. The molecule has 0 heterocycles. The first-order chi connectivity index (χ1) is 15.3. The Kier molecular flexibility index (Phi) is 13.9. The summed E-state index contributed by atoms with van der Waals surface area (Å²) in [6, 6.07) is 7.49. The molecule has 2 aromatic carbocycles. The van der Waals surface area contributed by atoms with Crippen molar-refractivity contribution in [2.24, 2.45) is 0 Å². The monoisotopic (exact) mass is 892 g/mol. The van der Waals surface area contributed by atoms with Gasteiger partial charge in [0.05, 0.1) is 40.7 Å². The highest BCUT2D eigenvalue weighted by molar-refractivity contribution is 14.1. The van der Waals surface area contributed by atoms with Crippen molar-refractivity contribution in [2.75, 3.05) is 39.6 Å². The number of benzene rings is 2. The third-order valence-corrected chi connectivity index (χ3v) is 7.27. The van der Waals surface area contributed by atoms with Gasteiger partial charge in [-0.3, -0.25) is 4.79 Å². The lowest BCUT2D eigenvalue weighted by molar-refractivity contribution is -0.123. The van der Waals surface area contributed by atoms with E-state index in [4.69, 9.17) is 18.9 Å². The summed E-state index contributed by atoms with van der Waals surface area (Å²) in [4.78, 5) is 12.3. The van der Waals surface area contributed by atoms with E-state index >= 15 is 0 Å². The summed E-state index contributed by atoms with van der Waals surface area (Å²) >= 11 is 8.58. The highest BCUT2D eigenvalue weighted by atomic mass is 127. The van der Waals surface area contributed by atoms with Gasteiger partial charge in [-0.25, -0.2) is 0 Å². The molecule has 2 aromatic rings. The van der Waals surface area contributed by atoms with Gasteiger partial charge in [0.25, 0.3) is 0 Å². The highest BCUT2D eigenvalue weighted by Gasteiger charge is 2.14. The number of hydrogen-bond donors (Lipinski definition) is 1. The first-order valence-electron chi connectivity index (χ1n) is 9.90. The van der Waals surface area contributed by atoms with Crippen LogP contribution in [0.3, 0.4) is 0 Å². The molecule has 0 aromatic heterocycles. The number of carbonyl (C=O) groups excluding carboxylic acids is 1. The highest BCUT2D eigenvalue weighted by Crippen LogP contribution is 2.36. The molecule has 0 fully saturated rings. The Morgan fingerprint density at radius 3 is 1.91 bits per heavy atom. The zero-order chi connectivity index (χ0) is 23.5. The van der Waals surface area contributed by atoms with E-state index in [9.17, 15) is 9.90 Å². The molecule has 0 bridgehead atoms. The third kappa shape index (κ3) is 10.0. The second-order valence-electron chi connectivity index (χ2n) is 6.72. The van der Waals surface area contributed by atoms with Crippen LogP contribution in [0.2, 0.25) is 0 Å². The molecule has 0 aliphatic heterocycles. The largest absolute Gasteiger partial charge is 0.506 e. The van der Waals surface area contributed by atoms with Gasteiger partial charge in [-0.05, 0) is 127 Å². The lowest BCUT2D eigenvalue weighted by Crippen LogP contribution is -2.15. The molecule has 1 N–H and O–H groups in total. The van der Waals surface area contributed by atoms with Gasteiger partial charge < -0.3 is 24.1 Å². The number of Topliss-reactive ketones (excluding diaryl/α,β-unsaturated/α-hetero) is 1. The third-order valence-electron chi connectivity index (χ3n) is 4.03. The van der Waals surface area contributed by atoms with Crippen LogP contribution in [-0.4, -0.2) is 50.5 Å². The number of halogens is 4. The molecule has 32 heavy (non-hydrogen) atoms. The van der Waals surface area contributed by atoms with Crippen molar-refractivity contribution in [1.82, 2.24) is 0 Å². The van der Waals surface area contributed by atoms with E-state index in [1.165, 1.54) is 0 Å². The first-order valence-corrected chi connectivity index (χ1v) is 14.2. The zero-order valence-corrected chi connectivity index (χ0v) is 26.1. The average molecular weight is 892 g/mol. The number of rotatable bonds is 14. The summed E-state index contributed by atoms with van der Waals surface area (Å²) in [5.74, 6) is 1.66. The number of phenolic OH excluding ortho intramolecular Hbond substituents is 1. The van der Waals surface area contributed by atoms with Gasteiger partial charge in [0.15, 0.2) is 11.5 Å². The van der Waals surface area contributed by atoms with E-state index in [-0.39, 0.29) is 18.1 Å². The molecule has 0 aliphatic rings. The number of ketones is 1. The van der Waals surface area contributed by atoms with Gasteiger partial charge in [-0.15, -0.1) is 0 Å². The van der Waals surface area contributed by atoms with E-state index in [1.807, 2.05) is 12.1 Å². The fourth-order valence-electron chi connectivity index (χ4n) is 2.58. The van der Waals surface area contributed by atoms with Crippen LogP contribution in [0.4, 0.5) is 0 Å². The Bertz CT molecular complexity index is 860. The maximum Gasteiger partial charge on any atom is 0.162 e. The fraction of sp³-hybridized carbons (Fsp3) is 0.409. The summed E-state index contributed by atoms with van der Waals surface area (Å²) in [6.07, 6.45) is 1.29. The van der Waals surface area contributed by atoms with Gasteiger partial charge in [0.1, 0.15) is 18.1 Å². The lowest BCUT2D eigenvalue weighted by Gasteiger charge is -2.13. The molecule has 6 nitrogen and oxygen atoms in total. The molecule has 0 saturated heterocycles. The Morgan fingerprint density at radius 2 is 1.34 bits per heavy atom. The predicted octanol–water partition coefficient (Wildman–Crippen LogP) is 6.17. The average Bonchev–Trinajstić information content (AvgIpc) is 2.73. The van der Waals surface area contributed by atoms with Crippen LogP contribution >= 0.6 is 90.4 Å². The minimum Gasteiger partial charge on any atom is -0.506 e. The van der Waals surface area contributed by atoms with E-state index in [0.717, 1.165) is 38.6 Å². The van der Waals surface area contributed by atoms with Crippen molar-refractivity contribution in [3.05, 3.63) is 44.1 Å². The van der Waals surface area contributed by atoms with E-state index in [2.05, 4.69) is 97.3 Å². The smallest absolute Gasteiger partial charge is 0.162 e. The second-order valence-corrected chi connectivity index (χ2v) is 11.4. The van der Waals surface area contributed by atoms with Crippen molar-refractivity contribution < 1.29 is 28.8 Å². The van der Waals surface area contributed by atoms with Crippen LogP contribution in [0.1, 0.15) is 18.9 Å². The summed E-state index contributed by atoms with van der Waals surface area (Å²) in [7, 11) is 0. The van der Waals surface area contributed by atoms with Crippen LogP contribution in [-0.2, 0) is 25.4 Å². The van der Waals surface area contributed by atoms with Crippen molar-refractivity contribution in [2.45, 2.75) is 19.8 Å². The van der Waals surface area contributed by atoms with Crippen LogP contribution in [0.15, 0.2) is 24.3 Å². The number of aromatic hydroxyl groups is 1. The molecule has 0 aliphatic carbocycles. The van der Waals surface area contributed by atoms with E-state index < -0.39 is 0 Å². The SMILES string of the molecule is CCCOCCOCCOCC(=O)Cc1cc(I)c(Oc2cc(I)c(O)c(I)c2)c(I)c1. The van der Waals surface area contributed by atoms with Crippen LogP contribution in [0, 0.1) is 14.3 Å². The van der Waals surface area contributed by atoms with Gasteiger partial charge in [-0.2, -0.15) is 0 Å². The molecular formula is C22H24I4O6. The van der Waals surface area contributed by atoms with Crippen molar-refractivity contribution in [3.63, 3.8) is 0 Å². The number of carbonyl (C=O) groups is 1. The summed E-state index contributed by atoms with van der Waals surface area (Å²) in [6.45, 7) is 4.81. The Balaban J connectivity index is 1.82. The zero-order valence-electron chi connectivity index (χ0n) is 17.5. The maximum atomic E-state index is 12.3. The molecule has 0 unspecified atom stereocenters. The molecule has 0 saturated carbocycles. The van der Waals surface area contributed by atoms with E-state index in [0.29, 0.717) is 38.6 Å². The molecule has 0 spiro atoms. The molecular weight excluding hydrogens is 868 g/mol. The number of phenols is 1. The Morgan fingerprint density at radius 1 is 0.812 bits per heavy atom. The van der Waals surface area contributed by atoms with Gasteiger partial charge in [-0.1, -0.05) is 6.92 Å². The summed E-state index contributed by atoms with van der Waals surface area (Å²) < 4.78 is 25.5. The topological polar surface area (TPSA) is 74.2 Å². The predicted molar refractivity (Wildman–Crippen MR) is 157 cm³/mol. The number of ether oxygens (including phenoxy) is 4. The minimum atomic E-state index is 0.0131. The second kappa shape index (κ2) is 15.5. The minimum absolute atomic E-state index is 0.0131. The summed E-state index contributed by atoms with van der Waals surface area (Å²) in [5.41, 5.74) is 0.916. The maximum absolute atomic E-state index is 12.3. The molecule has 0 radical (unpaired) electrons. The van der Waals surface area contributed by atoms with Gasteiger partial charge >= 0.3 is 0 Å². The molecule has 2 rings (SSSR count). The Hall–Kier alpha value is 0.510. The van der Waals surface area contributed by atoms with Gasteiger partial charge in [0, 0.05) is 13.0 Å². The van der Waals surface area contributed by atoms with Crippen LogP contribution in [0.25, 0.3) is 0 Å². The standard InChI is InChI=1S/C22H24I4O6/c1-2-3-29-4-5-30-6-7-31-13-15(27)8-14-9-19(25)22(20(26)10-14)32-16-11-17(23)21(28)18(24)12-16/h9-12,28H,2-8,13H2,1H3. The normalized spacial score (nSPS) is 11.0. The molecule has 10 heteroatoms. The first kappa shape index (κ1) is 28.7. The number of hydrogen-bond acceptors (Lipinski definition) is 6. The van der Waals surface area contributed by atoms with Crippen molar-refractivity contribution in [3.8, 4) is 17.2 Å². The fourth-order valence-corrected chi connectivity index (χ4v) is 6.41. The molecule has 176 valence electrons. The molecule has 0 atom stereocenters. The molecule has 0 amide bonds. The van der Waals surface area contributed by atoms with Crippen LogP contribution in [0.5, 0.6) is 17.2 Å². The van der Waals surface area contributed by atoms with Crippen LogP contribution < -0.4 is 4.74 Å². The quantitative estimate of drug-likeness (QED) is 0.181. The van der Waals surface area contributed by atoms with Gasteiger partial charge in [0.2, 0.25) is 0 Å². The Labute approximate surface area is 243 Å². The lowest BCUT2D eigenvalue weighted by atomic mass is 10.1. The van der Waals surface area contributed by atoms with Crippen molar-refractivity contribution in [1.29, 1.82) is 0 Å². The van der Waals surface area contributed by atoms with Crippen molar-refractivity contribution >= 4 is 96.1 Å².